The van der Waals surface area contributed by atoms with E-state index in [4.69, 9.17) is 4.74 Å². The number of nitrogens with one attached hydrogen (secondary N) is 1. The molecular formula is C44H56N2O5. The molecule has 3 heterocycles. The van der Waals surface area contributed by atoms with Crippen LogP contribution >= 0.6 is 0 Å². The lowest BCUT2D eigenvalue weighted by molar-refractivity contribution is -0.144. The van der Waals surface area contributed by atoms with Crippen molar-refractivity contribution in [1.82, 2.24) is 9.88 Å². The molecule has 6 aliphatic rings. The molecule has 7 heteroatoms. The van der Waals surface area contributed by atoms with Crippen LogP contribution in [0.3, 0.4) is 0 Å². The normalized spacial score (nSPS) is 38.4. The number of benzene rings is 1. The standard InChI is InChI=1S/C44H56N2O5/c1-11-45-31(48)14-12-13-18-42(8)29-16-15-24-20-27-26-21-25-28-22-40(4,5)51-41(6,7)34(28)37(49)32(25)33-36(26)46(35(23(2)3)38(33)50)39(27)44(24,10)43(29,9)19-17-30(42)47/h12-14,18,21-22,24,29-30,34-35,37,47,49H,2,11,15-17,19-20H2,1,3-10H3,(H,45,48)/b14-12+,18-13+/t24?,29-,30-,34?,35-,37+,42-,43-,44+/m0/s1. The van der Waals surface area contributed by atoms with E-state index in [0.29, 0.717) is 24.4 Å². The zero-order valence-electron chi connectivity index (χ0n) is 31.9. The first-order valence-corrected chi connectivity index (χ1v) is 19.2. The number of hydrogen-bond acceptors (Lipinski definition) is 5. The lowest BCUT2D eigenvalue weighted by atomic mass is 9.40. The number of fused-ring (bicyclic) bond motifs is 11. The summed E-state index contributed by atoms with van der Waals surface area (Å²) in [7, 11) is 0. The molecule has 0 bridgehead atoms. The van der Waals surface area contributed by atoms with Crippen LogP contribution in [-0.4, -0.2) is 50.3 Å². The smallest absolute Gasteiger partial charge is 0.243 e. The maximum atomic E-state index is 14.9. The van der Waals surface area contributed by atoms with Crippen LogP contribution < -0.4 is 5.32 Å². The summed E-state index contributed by atoms with van der Waals surface area (Å²) >= 11 is 0. The number of ether oxygens (including phenoxy) is 1. The summed E-state index contributed by atoms with van der Waals surface area (Å²) in [6.45, 7) is 24.2. The summed E-state index contributed by atoms with van der Waals surface area (Å²) in [4.78, 5) is 27.0. The molecule has 51 heavy (non-hydrogen) atoms. The van der Waals surface area contributed by atoms with Crippen LogP contribution in [0.5, 0.6) is 0 Å². The first-order valence-electron chi connectivity index (χ1n) is 19.2. The number of aliphatic hydroxyl groups is 2. The molecule has 1 amide bonds. The number of amides is 1. The Kier molecular flexibility index (Phi) is 7.44. The van der Waals surface area contributed by atoms with Gasteiger partial charge in [0.2, 0.25) is 5.91 Å². The van der Waals surface area contributed by atoms with Crippen LogP contribution in [-0.2, 0) is 21.4 Å². The highest BCUT2D eigenvalue weighted by molar-refractivity contribution is 6.18. The lowest BCUT2D eigenvalue weighted by Crippen LogP contribution is -2.62. The second-order valence-electron chi connectivity index (χ2n) is 18.4. The average molecular weight is 693 g/mol. The molecule has 2 fully saturated rings. The minimum atomic E-state index is -0.850. The van der Waals surface area contributed by atoms with Gasteiger partial charge in [0, 0.05) is 46.0 Å². The average Bonchev–Trinajstić information content (AvgIpc) is 3.70. The van der Waals surface area contributed by atoms with Gasteiger partial charge < -0.3 is 24.8 Å². The van der Waals surface area contributed by atoms with Crippen molar-refractivity contribution < 1.29 is 24.5 Å². The summed E-state index contributed by atoms with van der Waals surface area (Å²) in [6.07, 6.45) is 12.8. The highest BCUT2D eigenvalue weighted by atomic mass is 16.5. The number of ketones is 1. The van der Waals surface area contributed by atoms with Crippen LogP contribution in [0.4, 0.5) is 0 Å². The van der Waals surface area contributed by atoms with Crippen molar-refractivity contribution in [3.8, 4) is 0 Å². The zero-order valence-corrected chi connectivity index (χ0v) is 31.9. The molecule has 1 aromatic heterocycles. The summed E-state index contributed by atoms with van der Waals surface area (Å²) in [6, 6.07) is 1.78. The van der Waals surface area contributed by atoms with Gasteiger partial charge in [-0.1, -0.05) is 51.2 Å². The number of aliphatic hydroxyl groups excluding tert-OH is 2. The van der Waals surface area contributed by atoms with Crippen molar-refractivity contribution in [3.63, 3.8) is 0 Å². The number of nitrogens with zero attached hydrogens (tertiary/aromatic N) is 1. The number of likely N-dealkylation sites (N-methyl/N-ethyl adjacent to an activating group) is 1. The van der Waals surface area contributed by atoms with E-state index in [-0.39, 0.29) is 34.4 Å². The molecule has 1 aromatic carbocycles. The quantitative estimate of drug-likeness (QED) is 0.168. The molecule has 2 unspecified atom stereocenters. The van der Waals surface area contributed by atoms with Crippen molar-refractivity contribution in [2.24, 2.45) is 28.6 Å². The predicted octanol–water partition coefficient (Wildman–Crippen LogP) is 7.84. The maximum Gasteiger partial charge on any atom is 0.243 e. The molecule has 9 atom stereocenters. The number of aromatic nitrogens is 1. The van der Waals surface area contributed by atoms with Crippen molar-refractivity contribution in [3.05, 3.63) is 76.5 Å². The van der Waals surface area contributed by atoms with E-state index in [0.717, 1.165) is 58.9 Å². The minimum Gasteiger partial charge on any atom is -0.392 e. The van der Waals surface area contributed by atoms with Gasteiger partial charge >= 0.3 is 0 Å². The first-order chi connectivity index (χ1) is 23.8. The molecule has 272 valence electrons. The second kappa shape index (κ2) is 10.9. The highest BCUT2D eigenvalue weighted by Gasteiger charge is 2.67. The van der Waals surface area contributed by atoms with Crippen molar-refractivity contribution >= 4 is 28.2 Å². The summed E-state index contributed by atoms with van der Waals surface area (Å²) in [5.41, 5.74) is 5.85. The van der Waals surface area contributed by atoms with Crippen molar-refractivity contribution in [1.29, 1.82) is 0 Å². The molecule has 2 aromatic rings. The van der Waals surface area contributed by atoms with E-state index in [2.05, 4.69) is 83.1 Å². The Bertz CT molecular complexity index is 2010. The van der Waals surface area contributed by atoms with Crippen LogP contribution in [0.2, 0.25) is 0 Å². The van der Waals surface area contributed by atoms with Gasteiger partial charge in [0.05, 0.1) is 34.5 Å². The Labute approximate surface area is 302 Å². The lowest BCUT2D eigenvalue weighted by Gasteiger charge is -2.64. The summed E-state index contributed by atoms with van der Waals surface area (Å²) in [5, 5.41) is 27.8. The van der Waals surface area contributed by atoms with Crippen LogP contribution in [0.25, 0.3) is 16.5 Å². The SMILES string of the molecule is C=C(C)[C@H]1C(=O)c2c3c(cc4c5c(n1c24)[C@@]1(C)C(CC[C@H]2[C@](C)(/C=C/C=C/C(=O)NCC)[C@@H](O)CC[C@@]21C)C5)C1=CC(C)(C)OC(C)(C)C1[C@@H]3O. The largest absolute Gasteiger partial charge is 0.392 e. The fourth-order valence-electron chi connectivity index (χ4n) is 12.7. The third-order valence-corrected chi connectivity index (χ3v) is 14.8. The Hall–Kier alpha value is -3.26. The Morgan fingerprint density at radius 1 is 1.10 bits per heavy atom. The van der Waals surface area contributed by atoms with E-state index >= 15 is 0 Å². The molecule has 0 radical (unpaired) electrons. The number of Topliss-reactive ketones (excluding diaryl/α,β-unsaturated/α-hetero) is 1. The third kappa shape index (κ3) is 4.34. The van der Waals surface area contributed by atoms with E-state index in [1.165, 1.54) is 11.3 Å². The topological polar surface area (TPSA) is 101 Å². The van der Waals surface area contributed by atoms with Gasteiger partial charge in [-0.15, -0.1) is 0 Å². The second-order valence-corrected chi connectivity index (χ2v) is 18.4. The number of carbonyl (C=O) groups is 2. The van der Waals surface area contributed by atoms with Gasteiger partial charge in [0.1, 0.15) is 6.04 Å². The van der Waals surface area contributed by atoms with Crippen molar-refractivity contribution in [2.45, 2.75) is 129 Å². The number of rotatable bonds is 5. The van der Waals surface area contributed by atoms with Crippen LogP contribution in [0.15, 0.2) is 48.6 Å². The molecule has 2 aliphatic heterocycles. The first kappa shape index (κ1) is 34.8. The van der Waals surface area contributed by atoms with Gasteiger partial charge in [0.15, 0.2) is 5.78 Å². The van der Waals surface area contributed by atoms with Gasteiger partial charge in [0.25, 0.3) is 0 Å². The van der Waals surface area contributed by atoms with Crippen LogP contribution in [0.1, 0.15) is 133 Å². The number of hydrogen-bond donors (Lipinski definition) is 3. The number of allylic oxidation sites excluding steroid dienone is 3. The fourth-order valence-corrected chi connectivity index (χ4v) is 12.7. The van der Waals surface area contributed by atoms with Crippen LogP contribution in [0, 0.1) is 28.6 Å². The molecule has 2 saturated carbocycles. The van der Waals surface area contributed by atoms with Crippen molar-refractivity contribution in [2.75, 3.05) is 6.54 Å². The van der Waals surface area contributed by atoms with Gasteiger partial charge in [-0.3, -0.25) is 9.59 Å². The molecule has 7 nitrogen and oxygen atoms in total. The van der Waals surface area contributed by atoms with E-state index in [9.17, 15) is 19.8 Å². The molecule has 4 aliphatic carbocycles. The monoisotopic (exact) mass is 692 g/mol. The zero-order chi connectivity index (χ0) is 36.8. The molecule has 0 spiro atoms. The van der Waals surface area contributed by atoms with Gasteiger partial charge in [-0.2, -0.15) is 0 Å². The van der Waals surface area contributed by atoms with E-state index in [1.807, 2.05) is 19.9 Å². The molecule has 8 rings (SSSR count). The van der Waals surface area contributed by atoms with E-state index < -0.39 is 34.9 Å². The fraction of sp³-hybridized carbons (Fsp3) is 0.591. The summed E-state index contributed by atoms with van der Waals surface area (Å²) < 4.78 is 8.89. The Morgan fingerprint density at radius 3 is 2.51 bits per heavy atom. The third-order valence-electron chi connectivity index (χ3n) is 14.8. The number of carbonyl (C=O) groups excluding carboxylic acids is 2. The molecule has 0 saturated heterocycles. The van der Waals surface area contributed by atoms with E-state index in [1.54, 1.807) is 12.2 Å². The highest BCUT2D eigenvalue weighted by Crippen LogP contribution is 2.71. The summed E-state index contributed by atoms with van der Waals surface area (Å²) in [5.74, 6) is 0.229. The van der Waals surface area contributed by atoms with Gasteiger partial charge in [-0.25, -0.2) is 0 Å². The predicted molar refractivity (Wildman–Crippen MR) is 201 cm³/mol. The maximum absolute atomic E-state index is 14.9. The van der Waals surface area contributed by atoms with Gasteiger partial charge in [-0.05, 0) is 120 Å². The molecule has 3 N–H and O–H groups in total. The molecular weight excluding hydrogens is 636 g/mol. The Morgan fingerprint density at radius 2 is 1.82 bits per heavy atom. The Balaban J connectivity index is 1.33. The minimum absolute atomic E-state index is 0.0359.